The molecule has 16 atom stereocenters. The van der Waals surface area contributed by atoms with Crippen molar-refractivity contribution in [2.45, 2.75) is 243 Å². The van der Waals surface area contributed by atoms with Crippen LogP contribution in [0.5, 0.6) is 0 Å². The van der Waals surface area contributed by atoms with Gasteiger partial charge in [0.2, 0.25) is 88.6 Å². The van der Waals surface area contributed by atoms with E-state index < -0.39 is 260 Å². The number of imidazole rings is 2. The van der Waals surface area contributed by atoms with Crippen molar-refractivity contribution in [1.82, 2.24) is 89.1 Å². The second kappa shape index (κ2) is 51.7. The Hall–Kier alpha value is -11.0. The van der Waals surface area contributed by atoms with Gasteiger partial charge in [-0.05, 0) is 101 Å². The zero-order valence-corrected chi connectivity index (χ0v) is 67.5. The number of H-pyrrole nitrogens is 2. The zero-order valence-electron chi connectivity index (χ0n) is 65.8. The molecule has 0 fully saturated rings. The Morgan fingerprint density at radius 1 is 0.383 bits per heavy atom. The van der Waals surface area contributed by atoms with Crippen LogP contribution in [0.3, 0.4) is 0 Å². The van der Waals surface area contributed by atoms with Crippen LogP contribution in [0.25, 0.3) is 0 Å². The normalized spacial score (nSPS) is 15.3. The van der Waals surface area contributed by atoms with E-state index in [4.69, 9.17) is 17.2 Å². The van der Waals surface area contributed by atoms with Gasteiger partial charge in [0.25, 0.3) is 0 Å². The van der Waals surface area contributed by atoms with Gasteiger partial charge in [-0.25, -0.2) is 14.8 Å². The Labute approximate surface area is 671 Å². The highest BCUT2D eigenvalue weighted by Crippen LogP contribution is 2.16. The minimum absolute atomic E-state index is 0.0187. The van der Waals surface area contributed by atoms with Crippen molar-refractivity contribution in [3.63, 3.8) is 0 Å². The third kappa shape index (κ3) is 37.7. The minimum Gasteiger partial charge on any atom is -0.481 e. The van der Waals surface area contributed by atoms with Crippen LogP contribution in [0.4, 0.5) is 0 Å². The van der Waals surface area contributed by atoms with Crippen molar-refractivity contribution >= 4 is 136 Å². The summed E-state index contributed by atoms with van der Waals surface area (Å²) < 4.78 is 0. The molecule has 2 aromatic heterocycles. The highest BCUT2D eigenvalue weighted by atomic mass is 32.2. The maximum atomic E-state index is 14.5. The highest BCUT2D eigenvalue weighted by molar-refractivity contribution is 7.98. The third-order valence-corrected chi connectivity index (χ3v) is 19.3. The van der Waals surface area contributed by atoms with Gasteiger partial charge in [0.15, 0.2) is 0 Å². The van der Waals surface area contributed by atoms with Gasteiger partial charge in [-0.15, -0.1) is 0 Å². The predicted octanol–water partition coefficient (Wildman–Crippen LogP) is -4.95. The number of nitrogens with one attached hydrogen (secondary N) is 15. The number of nitrogens with zero attached hydrogens (tertiary/aromatic N) is 2. The third-order valence-electron chi connectivity index (χ3n) is 18.0. The molecule has 25 N–H and O–H groups in total. The van der Waals surface area contributed by atoms with Crippen LogP contribution in [-0.4, -0.2) is 261 Å². The standard InChI is InChI=1S/C70H112N20O23S2/c1-11-34(5)55(89-65(107)46(22-24-115-10)85-63(105)44(16-20-53(95)96)82-59(101)40(71)25-33(3)4)68(110)87-47(26-38-29-74-31-76-38)66(108)84-43(15-19-52(93)94)61(103)79-36(7)57(99)80-42(14-18-51(73)92)62(104)83-41(13-17-50(72)91)60(102)78-37(8)58(100)81-45(21-23-114-9)64(106)86-48(28-54(97)98)67(109)90-56(35(6)12-2)69(111)88-49(70(112)113)27-39-30-75-32-77-39/h29-37,40-49,55-56H,11-28,71H2,1-10H3,(H2,72,91)(H2,73,92)(H,74,76)(H,75,77)(H,78,102)(H,79,103)(H,80,99)(H,81,100)(H,82,101)(H,83,104)(H,84,108)(H,85,105)(H,86,106)(H,87,110)(H,88,111)(H,89,107)(H,90,109)(H,93,94)(H,95,96)(H,97,98)(H,112,113)/t34-,35-,36-,37-,40-,41-,42-,43-,44-,45-,46-,47-,48-,49-,55-,56-/m0/s1. The molecule has 115 heavy (non-hydrogen) atoms. The SMILES string of the molecule is CC[C@H](C)[C@H](NC(=O)[C@H](CC(=O)O)NC(=O)[C@H](CCSC)NC(=O)[C@H](C)NC(=O)[C@H](CCC(N)=O)NC(=O)[C@H](CCC(N)=O)NC(=O)[C@H](C)NC(=O)[C@H](CCC(=O)O)NC(=O)[C@H](Cc1cnc[nH]1)NC(=O)[C@@H](NC(=O)[C@H](CCSC)NC(=O)[C@H](CCC(=O)O)NC(=O)[C@@H](N)CC(C)C)[C@@H](C)CC)C(=O)N[C@@H](Cc1cnc[nH]1)C(=O)O. The van der Waals surface area contributed by atoms with Crippen LogP contribution in [0.15, 0.2) is 25.0 Å². The summed E-state index contributed by atoms with van der Waals surface area (Å²) in [5.41, 5.74) is 17.5. The number of aliphatic carboxylic acids is 4. The molecule has 0 aliphatic rings. The molecule has 0 aromatic carbocycles. The topological polar surface area (TPSA) is 697 Å². The van der Waals surface area contributed by atoms with Crippen LogP contribution in [0.1, 0.15) is 157 Å². The number of amides is 15. The molecule has 0 aliphatic carbocycles. The van der Waals surface area contributed by atoms with E-state index >= 15 is 0 Å². The number of carbonyl (C=O) groups is 19. The first-order valence-corrected chi connectivity index (χ1v) is 39.9. The van der Waals surface area contributed by atoms with Crippen LogP contribution < -0.4 is 86.3 Å². The Morgan fingerprint density at radius 2 is 0.687 bits per heavy atom. The molecule has 0 saturated heterocycles. The van der Waals surface area contributed by atoms with Gasteiger partial charge in [0, 0.05) is 62.3 Å². The molecular formula is C70H112N20O23S2. The fourth-order valence-corrected chi connectivity index (χ4v) is 11.9. The molecule has 0 unspecified atom stereocenters. The summed E-state index contributed by atoms with van der Waals surface area (Å²) >= 11 is 2.51. The number of primary amides is 2. The van der Waals surface area contributed by atoms with Gasteiger partial charge in [0.1, 0.15) is 78.5 Å². The van der Waals surface area contributed by atoms with Crippen LogP contribution in [-0.2, 0) is 104 Å². The van der Waals surface area contributed by atoms with Crippen molar-refractivity contribution in [3.8, 4) is 0 Å². The van der Waals surface area contributed by atoms with E-state index in [9.17, 15) is 112 Å². The quantitative estimate of drug-likeness (QED) is 0.0295. The number of hydrogen-bond acceptors (Lipinski definition) is 24. The molecule has 2 aromatic rings. The van der Waals surface area contributed by atoms with Crippen molar-refractivity contribution in [1.29, 1.82) is 0 Å². The second-order valence-corrected chi connectivity index (χ2v) is 29.9. The van der Waals surface area contributed by atoms with Gasteiger partial charge in [-0.1, -0.05) is 54.4 Å². The largest absolute Gasteiger partial charge is 0.481 e. The van der Waals surface area contributed by atoms with Gasteiger partial charge in [-0.2, -0.15) is 23.5 Å². The molecule has 0 aliphatic heterocycles. The Morgan fingerprint density at radius 3 is 1.02 bits per heavy atom. The summed E-state index contributed by atoms with van der Waals surface area (Å²) in [6.07, 6.45) is 2.73. The summed E-state index contributed by atoms with van der Waals surface area (Å²) in [5, 5.41) is 70.4. The fourth-order valence-electron chi connectivity index (χ4n) is 11.0. The number of nitrogens with two attached hydrogens (primary N) is 3. The number of carbonyl (C=O) groups excluding carboxylic acids is 15. The molecule has 0 bridgehead atoms. The summed E-state index contributed by atoms with van der Waals surface area (Å²) in [6, 6.07) is -22.1. The van der Waals surface area contributed by atoms with E-state index in [2.05, 4.69) is 89.1 Å². The number of carboxylic acids is 4. The highest BCUT2D eigenvalue weighted by Gasteiger charge is 2.40. The lowest BCUT2D eigenvalue weighted by atomic mass is 9.96. The summed E-state index contributed by atoms with van der Waals surface area (Å²) in [5.74, 6) is -22.3. The van der Waals surface area contributed by atoms with Gasteiger partial charge in [0.05, 0.1) is 25.1 Å². The lowest BCUT2D eigenvalue weighted by molar-refractivity contribution is -0.143. The van der Waals surface area contributed by atoms with Crippen molar-refractivity contribution < 1.29 is 112 Å². The molecule has 0 spiro atoms. The number of aromatic amines is 2. The van der Waals surface area contributed by atoms with E-state index in [-0.39, 0.29) is 74.5 Å². The summed E-state index contributed by atoms with van der Waals surface area (Å²) in [7, 11) is 0. The molecule has 2 heterocycles. The van der Waals surface area contributed by atoms with E-state index in [1.807, 2.05) is 13.8 Å². The van der Waals surface area contributed by atoms with E-state index in [0.29, 0.717) is 5.69 Å². The lowest BCUT2D eigenvalue weighted by Crippen LogP contribution is -2.61. The van der Waals surface area contributed by atoms with Gasteiger partial charge >= 0.3 is 23.9 Å². The fraction of sp³-hybridized carbons (Fsp3) is 0.643. The van der Waals surface area contributed by atoms with Gasteiger partial charge in [-0.3, -0.25) is 86.3 Å². The van der Waals surface area contributed by atoms with E-state index in [0.717, 1.165) is 13.8 Å². The Kier molecular flexibility index (Phi) is 45.0. The molecule has 0 radical (unpaired) electrons. The van der Waals surface area contributed by atoms with Crippen molar-refractivity contribution in [2.75, 3.05) is 24.0 Å². The average molecular weight is 1670 g/mol. The minimum atomic E-state index is -1.90. The number of carboxylic acid groups (broad SMARTS) is 4. The van der Waals surface area contributed by atoms with Crippen LogP contribution >= 0.6 is 23.5 Å². The summed E-state index contributed by atoms with van der Waals surface area (Å²) in [6.45, 7) is 12.4. The molecule has 2 rings (SSSR count). The first kappa shape index (κ1) is 100. The zero-order chi connectivity index (χ0) is 86.9. The number of thioether (sulfide) groups is 2. The molecule has 15 amide bonds. The Balaban J connectivity index is 2.44. The maximum absolute atomic E-state index is 14.5. The first-order chi connectivity index (χ1) is 54.0. The number of rotatable bonds is 57. The van der Waals surface area contributed by atoms with Crippen molar-refractivity contribution in [3.05, 3.63) is 36.4 Å². The lowest BCUT2D eigenvalue weighted by Gasteiger charge is -2.29. The second-order valence-electron chi connectivity index (χ2n) is 27.9. The molecule has 45 heteroatoms. The molecular weight excluding hydrogens is 1550 g/mol. The maximum Gasteiger partial charge on any atom is 0.326 e. The van der Waals surface area contributed by atoms with Gasteiger partial charge < -0.3 is 117 Å². The first-order valence-electron chi connectivity index (χ1n) is 37.1. The van der Waals surface area contributed by atoms with E-state index in [1.54, 1.807) is 40.2 Å². The van der Waals surface area contributed by atoms with Crippen molar-refractivity contribution in [2.24, 2.45) is 35.0 Å². The number of hydrogen-bond donors (Lipinski definition) is 22. The molecule has 642 valence electrons. The predicted molar refractivity (Wildman–Crippen MR) is 414 cm³/mol. The van der Waals surface area contributed by atoms with E-state index in [1.165, 1.54) is 48.6 Å². The smallest absolute Gasteiger partial charge is 0.326 e. The summed E-state index contributed by atoms with van der Waals surface area (Å²) in [4.78, 5) is 268. The average Bonchev–Trinajstić information content (AvgIpc) is 1.36. The van der Waals surface area contributed by atoms with Crippen LogP contribution in [0.2, 0.25) is 0 Å². The molecule has 43 nitrogen and oxygen atoms in total. The monoisotopic (exact) mass is 1660 g/mol. The Bertz CT molecular complexity index is 3650. The van der Waals surface area contributed by atoms with Crippen LogP contribution in [0, 0.1) is 17.8 Å². The molecule has 0 saturated carbocycles. The number of aromatic nitrogens is 4.